The summed E-state index contributed by atoms with van der Waals surface area (Å²) < 4.78 is 10.6. The molecule has 0 aliphatic carbocycles. The number of rotatable bonds is 7. The van der Waals surface area contributed by atoms with Crippen molar-refractivity contribution >= 4 is 0 Å². The third-order valence-corrected chi connectivity index (χ3v) is 2.25. The Hall–Kier alpha value is -0.800. The van der Waals surface area contributed by atoms with Gasteiger partial charge in [0.1, 0.15) is 5.76 Å². The van der Waals surface area contributed by atoms with Crippen LogP contribution in [0.5, 0.6) is 0 Å². The Labute approximate surface area is 85.4 Å². The Morgan fingerprint density at radius 2 is 2.43 bits per heavy atom. The van der Waals surface area contributed by atoms with Crippen LogP contribution in [0, 0.1) is 0 Å². The van der Waals surface area contributed by atoms with E-state index in [9.17, 15) is 0 Å². The number of likely N-dealkylation sites (N-methyl/N-ethyl adjacent to an activating group) is 1. The molecule has 0 aliphatic rings. The zero-order valence-corrected chi connectivity index (χ0v) is 8.95. The average molecular weight is 197 g/mol. The fraction of sp³-hybridized carbons (Fsp3) is 0.636. The van der Waals surface area contributed by atoms with E-state index in [0.29, 0.717) is 6.04 Å². The van der Waals surface area contributed by atoms with E-state index >= 15 is 0 Å². The number of nitrogens with one attached hydrogen (secondary N) is 1. The highest BCUT2D eigenvalue weighted by Gasteiger charge is 2.06. The molecule has 0 saturated heterocycles. The van der Waals surface area contributed by atoms with Gasteiger partial charge in [-0.2, -0.15) is 0 Å². The van der Waals surface area contributed by atoms with E-state index in [-0.39, 0.29) is 0 Å². The third-order valence-electron chi connectivity index (χ3n) is 2.25. The lowest BCUT2D eigenvalue weighted by molar-refractivity contribution is 0.122. The van der Waals surface area contributed by atoms with Gasteiger partial charge in [-0.1, -0.05) is 0 Å². The van der Waals surface area contributed by atoms with Gasteiger partial charge in [0.25, 0.3) is 0 Å². The maximum Gasteiger partial charge on any atom is 0.103 e. The number of ether oxygens (including phenoxy) is 1. The van der Waals surface area contributed by atoms with Crippen LogP contribution >= 0.6 is 0 Å². The standard InChI is InChI=1S/C11H19NO2/c1-3-13-9-10(12-2)6-7-11-5-4-8-14-11/h4-5,8,10,12H,3,6-7,9H2,1-2H3. The van der Waals surface area contributed by atoms with Gasteiger partial charge in [-0.15, -0.1) is 0 Å². The molecule has 0 fully saturated rings. The van der Waals surface area contributed by atoms with Crippen LogP contribution in [0.2, 0.25) is 0 Å². The topological polar surface area (TPSA) is 34.4 Å². The molecule has 0 saturated carbocycles. The first-order valence-corrected chi connectivity index (χ1v) is 5.14. The van der Waals surface area contributed by atoms with Gasteiger partial charge < -0.3 is 14.5 Å². The smallest absolute Gasteiger partial charge is 0.103 e. The second-order valence-corrected chi connectivity index (χ2v) is 3.26. The summed E-state index contributed by atoms with van der Waals surface area (Å²) in [6, 6.07) is 4.35. The van der Waals surface area contributed by atoms with Crippen molar-refractivity contribution in [3.05, 3.63) is 24.2 Å². The van der Waals surface area contributed by atoms with Crippen molar-refractivity contribution < 1.29 is 9.15 Å². The summed E-state index contributed by atoms with van der Waals surface area (Å²) in [4.78, 5) is 0. The molecular weight excluding hydrogens is 178 g/mol. The third kappa shape index (κ3) is 3.94. The minimum absolute atomic E-state index is 0.417. The SMILES string of the molecule is CCOCC(CCc1ccco1)NC. The van der Waals surface area contributed by atoms with Crippen molar-refractivity contribution in [2.45, 2.75) is 25.8 Å². The van der Waals surface area contributed by atoms with E-state index in [4.69, 9.17) is 9.15 Å². The molecule has 1 heterocycles. The molecule has 0 bridgehead atoms. The van der Waals surface area contributed by atoms with Crippen molar-refractivity contribution in [1.29, 1.82) is 0 Å². The molecule has 1 aromatic rings. The predicted octanol–water partition coefficient (Wildman–Crippen LogP) is 1.84. The lowest BCUT2D eigenvalue weighted by Gasteiger charge is -2.14. The summed E-state index contributed by atoms with van der Waals surface area (Å²) in [5, 5.41) is 3.23. The van der Waals surface area contributed by atoms with E-state index in [2.05, 4.69) is 5.32 Å². The summed E-state index contributed by atoms with van der Waals surface area (Å²) in [7, 11) is 1.96. The Morgan fingerprint density at radius 3 is 3.00 bits per heavy atom. The maximum atomic E-state index is 5.36. The minimum atomic E-state index is 0.417. The average Bonchev–Trinajstić information content (AvgIpc) is 2.71. The molecule has 1 rings (SSSR count). The van der Waals surface area contributed by atoms with Crippen LogP contribution < -0.4 is 5.32 Å². The van der Waals surface area contributed by atoms with E-state index in [1.165, 1.54) is 0 Å². The number of hydrogen-bond donors (Lipinski definition) is 1. The molecule has 1 unspecified atom stereocenters. The van der Waals surface area contributed by atoms with Gasteiger partial charge in [0.05, 0.1) is 12.9 Å². The van der Waals surface area contributed by atoms with Gasteiger partial charge in [0, 0.05) is 19.1 Å². The Bertz CT molecular complexity index is 221. The lowest BCUT2D eigenvalue weighted by Crippen LogP contribution is -2.30. The zero-order chi connectivity index (χ0) is 10.2. The molecule has 1 N–H and O–H groups in total. The van der Waals surface area contributed by atoms with Crippen molar-refractivity contribution in [3.63, 3.8) is 0 Å². The van der Waals surface area contributed by atoms with Gasteiger partial charge in [-0.05, 0) is 32.5 Å². The predicted molar refractivity (Wildman–Crippen MR) is 56.4 cm³/mol. The summed E-state index contributed by atoms with van der Waals surface area (Å²) in [6.45, 7) is 3.56. The Balaban J connectivity index is 2.20. The Morgan fingerprint density at radius 1 is 1.57 bits per heavy atom. The van der Waals surface area contributed by atoms with Gasteiger partial charge >= 0.3 is 0 Å². The van der Waals surface area contributed by atoms with Crippen molar-refractivity contribution in [1.82, 2.24) is 5.32 Å². The van der Waals surface area contributed by atoms with Gasteiger partial charge in [-0.3, -0.25) is 0 Å². The summed E-state index contributed by atoms with van der Waals surface area (Å²) in [5.41, 5.74) is 0. The van der Waals surface area contributed by atoms with Crippen molar-refractivity contribution in [3.8, 4) is 0 Å². The van der Waals surface area contributed by atoms with Gasteiger partial charge in [-0.25, -0.2) is 0 Å². The zero-order valence-electron chi connectivity index (χ0n) is 8.95. The van der Waals surface area contributed by atoms with Crippen LogP contribution in [-0.2, 0) is 11.2 Å². The van der Waals surface area contributed by atoms with Gasteiger partial charge in [0.15, 0.2) is 0 Å². The molecule has 3 heteroatoms. The van der Waals surface area contributed by atoms with Crippen LogP contribution in [0.4, 0.5) is 0 Å². The van der Waals surface area contributed by atoms with Crippen LogP contribution in [0.3, 0.4) is 0 Å². The van der Waals surface area contributed by atoms with E-state index in [0.717, 1.165) is 31.8 Å². The molecule has 0 aromatic carbocycles. The van der Waals surface area contributed by atoms with Crippen LogP contribution in [0.15, 0.2) is 22.8 Å². The molecule has 0 amide bonds. The van der Waals surface area contributed by atoms with Crippen molar-refractivity contribution in [2.24, 2.45) is 0 Å². The normalized spacial score (nSPS) is 13.0. The molecule has 0 radical (unpaired) electrons. The lowest BCUT2D eigenvalue weighted by atomic mass is 10.1. The minimum Gasteiger partial charge on any atom is -0.469 e. The first-order chi connectivity index (χ1) is 6.86. The molecular formula is C11H19NO2. The fourth-order valence-corrected chi connectivity index (χ4v) is 1.34. The first kappa shape index (κ1) is 11.3. The molecule has 80 valence electrons. The second-order valence-electron chi connectivity index (χ2n) is 3.26. The molecule has 3 nitrogen and oxygen atoms in total. The summed E-state index contributed by atoms with van der Waals surface area (Å²) >= 11 is 0. The summed E-state index contributed by atoms with van der Waals surface area (Å²) in [6.07, 6.45) is 3.72. The number of hydrogen-bond acceptors (Lipinski definition) is 3. The van der Waals surface area contributed by atoms with Crippen LogP contribution in [0.25, 0.3) is 0 Å². The molecule has 1 aromatic heterocycles. The van der Waals surface area contributed by atoms with E-state index in [1.807, 2.05) is 26.1 Å². The van der Waals surface area contributed by atoms with E-state index in [1.54, 1.807) is 6.26 Å². The van der Waals surface area contributed by atoms with E-state index < -0.39 is 0 Å². The fourth-order valence-electron chi connectivity index (χ4n) is 1.34. The highest BCUT2D eigenvalue weighted by atomic mass is 16.5. The monoisotopic (exact) mass is 197 g/mol. The maximum absolute atomic E-state index is 5.36. The number of aryl methyl sites for hydroxylation is 1. The molecule has 0 spiro atoms. The Kier molecular flexibility index (Phi) is 5.33. The van der Waals surface area contributed by atoms with Crippen molar-refractivity contribution in [2.75, 3.05) is 20.3 Å². The first-order valence-electron chi connectivity index (χ1n) is 5.14. The molecule has 1 atom stereocenters. The molecule has 14 heavy (non-hydrogen) atoms. The van der Waals surface area contributed by atoms with Crippen LogP contribution in [0.1, 0.15) is 19.1 Å². The summed E-state index contributed by atoms with van der Waals surface area (Å²) in [5.74, 6) is 1.04. The highest BCUT2D eigenvalue weighted by molar-refractivity contribution is 4.98. The highest BCUT2D eigenvalue weighted by Crippen LogP contribution is 2.05. The number of furan rings is 1. The largest absolute Gasteiger partial charge is 0.469 e. The molecule has 0 aliphatic heterocycles. The van der Waals surface area contributed by atoms with Gasteiger partial charge in [0.2, 0.25) is 0 Å². The quantitative estimate of drug-likeness (QED) is 0.724. The second kappa shape index (κ2) is 6.62. The van der Waals surface area contributed by atoms with Crippen LogP contribution in [-0.4, -0.2) is 26.3 Å².